The lowest BCUT2D eigenvalue weighted by Crippen LogP contribution is -2.52. The summed E-state index contributed by atoms with van der Waals surface area (Å²) in [6, 6.07) is -0.0332. The highest BCUT2D eigenvalue weighted by Gasteiger charge is 2.27. The fourth-order valence-electron chi connectivity index (χ4n) is 1.65. The minimum atomic E-state index is -0.550. The molecule has 0 fully saturated rings. The Morgan fingerprint density at radius 3 is 2.71 bits per heavy atom. The van der Waals surface area contributed by atoms with E-state index in [0.29, 0.717) is 0 Å². The number of rotatable bonds is 5. The Morgan fingerprint density at radius 2 is 2.24 bits per heavy atom. The third kappa shape index (κ3) is 3.56. The number of amides is 1. The number of nitrogens with one attached hydrogen (secondary N) is 2. The number of aryl methyl sites for hydroxylation is 1. The molecule has 0 aliphatic heterocycles. The van der Waals surface area contributed by atoms with Crippen LogP contribution in [0.5, 0.6) is 0 Å². The van der Waals surface area contributed by atoms with Crippen LogP contribution in [0.1, 0.15) is 39.3 Å². The second-order valence-corrected chi connectivity index (χ2v) is 4.80. The van der Waals surface area contributed by atoms with Crippen LogP contribution in [0.15, 0.2) is 12.4 Å². The van der Waals surface area contributed by atoms with Crippen molar-refractivity contribution in [3.05, 3.63) is 18.0 Å². The Morgan fingerprint density at radius 1 is 1.59 bits per heavy atom. The van der Waals surface area contributed by atoms with E-state index in [-0.39, 0.29) is 11.9 Å². The van der Waals surface area contributed by atoms with E-state index in [1.54, 1.807) is 10.9 Å². The van der Waals surface area contributed by atoms with E-state index in [1.807, 2.05) is 40.9 Å². The second kappa shape index (κ2) is 5.31. The smallest absolute Gasteiger partial charge is 0.240 e. The van der Waals surface area contributed by atoms with E-state index < -0.39 is 5.54 Å². The molecule has 1 unspecified atom stereocenters. The van der Waals surface area contributed by atoms with Crippen LogP contribution in [0.25, 0.3) is 0 Å². The Labute approximate surface area is 103 Å². The molecule has 0 bridgehead atoms. The minimum absolute atomic E-state index is 0.00398. The summed E-state index contributed by atoms with van der Waals surface area (Å²) in [6.07, 6.45) is 3.68. The minimum Gasteiger partial charge on any atom is -0.348 e. The summed E-state index contributed by atoms with van der Waals surface area (Å²) in [7, 11) is 1.86. The van der Waals surface area contributed by atoms with E-state index in [2.05, 4.69) is 15.7 Å². The molecule has 17 heavy (non-hydrogen) atoms. The number of nitrogens with zero attached hydrogens (tertiary/aromatic N) is 2. The lowest BCUT2D eigenvalue weighted by molar-refractivity contribution is -0.127. The molecule has 1 heterocycles. The van der Waals surface area contributed by atoms with Crippen molar-refractivity contribution >= 4 is 5.91 Å². The summed E-state index contributed by atoms with van der Waals surface area (Å²) >= 11 is 0. The molecule has 0 radical (unpaired) electrons. The van der Waals surface area contributed by atoms with Gasteiger partial charge in [0.05, 0.1) is 17.8 Å². The summed E-state index contributed by atoms with van der Waals surface area (Å²) in [4.78, 5) is 12.0. The van der Waals surface area contributed by atoms with Crippen LogP contribution >= 0.6 is 0 Å². The van der Waals surface area contributed by atoms with Gasteiger partial charge >= 0.3 is 0 Å². The highest BCUT2D eigenvalue weighted by molar-refractivity contribution is 5.85. The Balaban J connectivity index is 2.63. The van der Waals surface area contributed by atoms with Crippen LogP contribution in [-0.4, -0.2) is 27.8 Å². The third-order valence-electron chi connectivity index (χ3n) is 2.76. The van der Waals surface area contributed by atoms with Crippen LogP contribution in [0.3, 0.4) is 0 Å². The maximum atomic E-state index is 12.0. The molecule has 1 atom stereocenters. The number of aromatic nitrogens is 2. The summed E-state index contributed by atoms with van der Waals surface area (Å²) in [5.74, 6) is -0.00398. The molecule has 5 heteroatoms. The average molecular weight is 238 g/mol. The van der Waals surface area contributed by atoms with E-state index >= 15 is 0 Å². The predicted molar refractivity (Wildman–Crippen MR) is 67.5 cm³/mol. The molecule has 1 rings (SSSR count). The van der Waals surface area contributed by atoms with Crippen molar-refractivity contribution in [3.8, 4) is 0 Å². The highest BCUT2D eigenvalue weighted by atomic mass is 16.2. The van der Waals surface area contributed by atoms with Crippen LogP contribution in [0, 0.1) is 0 Å². The van der Waals surface area contributed by atoms with Gasteiger partial charge in [0.1, 0.15) is 0 Å². The fraction of sp³-hybridized carbons (Fsp3) is 0.667. The van der Waals surface area contributed by atoms with Crippen LogP contribution in [-0.2, 0) is 11.8 Å². The third-order valence-corrected chi connectivity index (χ3v) is 2.76. The van der Waals surface area contributed by atoms with Gasteiger partial charge in [-0.1, -0.05) is 6.92 Å². The van der Waals surface area contributed by atoms with Gasteiger partial charge in [-0.15, -0.1) is 0 Å². The first kappa shape index (κ1) is 13.7. The summed E-state index contributed by atoms with van der Waals surface area (Å²) in [6.45, 7) is 8.46. The molecule has 5 nitrogen and oxygen atoms in total. The predicted octanol–water partition coefficient (Wildman–Crippen LogP) is 0.985. The molecule has 1 aromatic rings. The molecule has 0 saturated heterocycles. The number of hydrogen-bond acceptors (Lipinski definition) is 3. The molecular weight excluding hydrogens is 216 g/mol. The Kier molecular flexibility index (Phi) is 4.28. The van der Waals surface area contributed by atoms with Gasteiger partial charge in [-0.2, -0.15) is 5.10 Å². The highest BCUT2D eigenvalue weighted by Crippen LogP contribution is 2.12. The van der Waals surface area contributed by atoms with Crippen molar-refractivity contribution in [3.63, 3.8) is 0 Å². The van der Waals surface area contributed by atoms with Gasteiger partial charge in [0, 0.05) is 18.8 Å². The molecule has 0 spiro atoms. The zero-order chi connectivity index (χ0) is 13.1. The summed E-state index contributed by atoms with van der Waals surface area (Å²) in [5.41, 5.74) is 0.457. The second-order valence-electron chi connectivity index (χ2n) is 4.80. The molecular formula is C12H22N4O. The first-order valence-corrected chi connectivity index (χ1v) is 5.91. The number of likely N-dealkylation sites (N-methyl/N-ethyl adjacent to an activating group) is 1. The quantitative estimate of drug-likeness (QED) is 0.804. The monoisotopic (exact) mass is 238 g/mol. The Hall–Kier alpha value is -1.36. The average Bonchev–Trinajstić information content (AvgIpc) is 2.64. The van der Waals surface area contributed by atoms with Crippen molar-refractivity contribution in [1.82, 2.24) is 20.4 Å². The summed E-state index contributed by atoms with van der Waals surface area (Å²) in [5, 5.41) is 10.2. The molecule has 0 aromatic carbocycles. The zero-order valence-corrected chi connectivity index (χ0v) is 11.2. The van der Waals surface area contributed by atoms with Gasteiger partial charge < -0.3 is 10.6 Å². The van der Waals surface area contributed by atoms with Gasteiger partial charge in [0.15, 0.2) is 0 Å². The maximum Gasteiger partial charge on any atom is 0.240 e. The lowest BCUT2D eigenvalue weighted by atomic mass is 10.0. The van der Waals surface area contributed by atoms with Crippen LogP contribution in [0.2, 0.25) is 0 Å². The van der Waals surface area contributed by atoms with E-state index in [9.17, 15) is 4.79 Å². The van der Waals surface area contributed by atoms with Crippen LogP contribution in [0.4, 0.5) is 0 Å². The SMILES string of the molecule is CCNC(C)(C)C(=O)NC(C)c1cnn(C)c1. The van der Waals surface area contributed by atoms with Crippen molar-refractivity contribution in [2.75, 3.05) is 6.54 Å². The number of hydrogen-bond donors (Lipinski definition) is 2. The van der Waals surface area contributed by atoms with Crippen molar-refractivity contribution in [1.29, 1.82) is 0 Å². The number of carbonyl (C=O) groups excluding carboxylic acids is 1. The largest absolute Gasteiger partial charge is 0.348 e. The first-order chi connectivity index (χ1) is 7.86. The van der Waals surface area contributed by atoms with Gasteiger partial charge in [0.25, 0.3) is 0 Å². The summed E-state index contributed by atoms with van der Waals surface area (Å²) < 4.78 is 1.73. The standard InChI is InChI=1S/C12H22N4O/c1-6-13-12(3,4)11(17)15-9(2)10-7-14-16(5)8-10/h7-9,13H,6H2,1-5H3,(H,15,17). The van der Waals surface area contributed by atoms with Gasteiger partial charge in [0.2, 0.25) is 5.91 Å². The van der Waals surface area contributed by atoms with E-state index in [1.165, 1.54) is 0 Å². The van der Waals surface area contributed by atoms with Crippen LogP contribution < -0.4 is 10.6 Å². The molecule has 2 N–H and O–H groups in total. The van der Waals surface area contributed by atoms with Crippen molar-refractivity contribution < 1.29 is 4.79 Å². The first-order valence-electron chi connectivity index (χ1n) is 5.91. The normalized spacial score (nSPS) is 13.5. The molecule has 1 amide bonds. The maximum absolute atomic E-state index is 12.0. The van der Waals surface area contributed by atoms with Gasteiger partial charge in [-0.25, -0.2) is 0 Å². The Bertz CT molecular complexity index is 384. The number of carbonyl (C=O) groups is 1. The van der Waals surface area contributed by atoms with E-state index in [0.717, 1.165) is 12.1 Å². The van der Waals surface area contributed by atoms with Crippen molar-refractivity contribution in [2.24, 2.45) is 7.05 Å². The van der Waals surface area contributed by atoms with Crippen molar-refractivity contribution in [2.45, 2.75) is 39.3 Å². The molecule has 0 aliphatic carbocycles. The molecule has 96 valence electrons. The molecule has 0 saturated carbocycles. The van der Waals surface area contributed by atoms with E-state index in [4.69, 9.17) is 0 Å². The lowest BCUT2D eigenvalue weighted by Gasteiger charge is -2.26. The molecule has 0 aliphatic rings. The topological polar surface area (TPSA) is 59.0 Å². The fourth-order valence-corrected chi connectivity index (χ4v) is 1.65. The zero-order valence-electron chi connectivity index (χ0n) is 11.2. The van der Waals surface area contributed by atoms with Gasteiger partial charge in [-0.3, -0.25) is 9.48 Å². The van der Waals surface area contributed by atoms with Gasteiger partial charge in [-0.05, 0) is 27.3 Å². The molecule has 1 aromatic heterocycles.